The van der Waals surface area contributed by atoms with E-state index in [1.165, 1.54) is 12.1 Å². The van der Waals surface area contributed by atoms with E-state index < -0.39 is 5.92 Å². The lowest BCUT2D eigenvalue weighted by Gasteiger charge is -2.14. The van der Waals surface area contributed by atoms with Gasteiger partial charge in [-0.2, -0.15) is 5.10 Å². The summed E-state index contributed by atoms with van der Waals surface area (Å²) >= 11 is 5.83. The first-order chi connectivity index (χ1) is 9.45. The molecule has 0 saturated carbocycles. The van der Waals surface area contributed by atoms with E-state index in [4.69, 9.17) is 11.6 Å². The summed E-state index contributed by atoms with van der Waals surface area (Å²) in [4.78, 5) is 4.19. The van der Waals surface area contributed by atoms with E-state index in [1.54, 1.807) is 24.5 Å². The van der Waals surface area contributed by atoms with Gasteiger partial charge in [-0.25, -0.2) is 8.78 Å². The van der Waals surface area contributed by atoms with Crippen LogP contribution >= 0.6 is 11.6 Å². The second kappa shape index (κ2) is 4.52. The van der Waals surface area contributed by atoms with Crippen molar-refractivity contribution in [1.82, 2.24) is 10.4 Å². The predicted octanol–water partition coefficient (Wildman–Crippen LogP) is 4.10. The molecule has 0 atom stereocenters. The van der Waals surface area contributed by atoms with Gasteiger partial charge < -0.3 is 0 Å². The second-order valence-corrected chi connectivity index (χ2v) is 4.96. The van der Waals surface area contributed by atoms with Gasteiger partial charge in [-0.05, 0) is 23.8 Å². The Morgan fingerprint density at radius 3 is 2.70 bits per heavy atom. The van der Waals surface area contributed by atoms with Crippen LogP contribution in [-0.2, 0) is 5.92 Å². The first kappa shape index (κ1) is 13.0. The Hall–Kier alpha value is -2.01. The molecule has 0 unspecified atom stereocenters. The van der Waals surface area contributed by atoms with Crippen LogP contribution in [0.5, 0.6) is 0 Å². The second-order valence-electron chi connectivity index (χ2n) is 4.56. The van der Waals surface area contributed by atoms with Gasteiger partial charge in [0.1, 0.15) is 11.4 Å². The highest BCUT2D eigenvalue weighted by atomic mass is 35.5. The molecule has 20 heavy (non-hydrogen) atoms. The Morgan fingerprint density at radius 2 is 1.95 bits per heavy atom. The van der Waals surface area contributed by atoms with Crippen molar-refractivity contribution in [3.05, 3.63) is 46.7 Å². The minimum Gasteiger partial charge on any atom is -0.252 e. The molecule has 3 rings (SSSR count). The zero-order chi connectivity index (χ0) is 14.3. The van der Waals surface area contributed by atoms with Crippen molar-refractivity contribution in [1.29, 1.82) is 0 Å². The number of hydrogen-bond donors (Lipinski definition) is 0. The van der Waals surface area contributed by atoms with Gasteiger partial charge >= 0.3 is 0 Å². The van der Waals surface area contributed by atoms with Crippen LogP contribution in [0.2, 0.25) is 5.02 Å². The minimum absolute atomic E-state index is 0.0448. The number of benzene rings is 1. The number of rotatable bonds is 2. The molecule has 1 aliphatic heterocycles. The fourth-order valence-corrected chi connectivity index (χ4v) is 2.27. The molecule has 1 aromatic heterocycles. The molecule has 0 N–H and O–H groups in total. The van der Waals surface area contributed by atoms with Gasteiger partial charge in [0.05, 0.1) is 6.21 Å². The molecule has 0 fully saturated rings. The Kier molecular flexibility index (Phi) is 2.94. The number of nitrogens with zero attached hydrogens (tertiary/aromatic N) is 3. The molecule has 3 nitrogen and oxygen atoms in total. The smallest absolute Gasteiger partial charge is 0.252 e. The molecule has 2 heterocycles. The third-order valence-corrected chi connectivity index (χ3v) is 3.35. The monoisotopic (exact) mass is 292 g/mol. The summed E-state index contributed by atoms with van der Waals surface area (Å²) in [7, 11) is 0. The summed E-state index contributed by atoms with van der Waals surface area (Å²) in [5.74, 6) is -3.00. The van der Waals surface area contributed by atoms with Gasteiger partial charge in [0.15, 0.2) is 0 Å². The maximum Gasteiger partial charge on any atom is 0.271 e. The predicted molar refractivity (Wildman–Crippen MR) is 73.6 cm³/mol. The number of pyridine rings is 1. The van der Waals surface area contributed by atoms with E-state index >= 15 is 0 Å². The SMILES string of the molecule is CC(F)(F)c1cc(-c2cnc3c(c2)[N]N=C3)ccc1Cl. The summed E-state index contributed by atoms with van der Waals surface area (Å²) in [5, 5.41) is 3.80. The van der Waals surface area contributed by atoms with Crippen LogP contribution in [0.1, 0.15) is 18.2 Å². The van der Waals surface area contributed by atoms with E-state index in [0.29, 0.717) is 22.5 Å². The van der Waals surface area contributed by atoms with Crippen LogP contribution in [-0.4, -0.2) is 11.2 Å². The van der Waals surface area contributed by atoms with E-state index in [1.807, 2.05) is 0 Å². The van der Waals surface area contributed by atoms with E-state index in [0.717, 1.165) is 6.92 Å². The first-order valence-corrected chi connectivity index (χ1v) is 6.25. The molecule has 1 aromatic carbocycles. The van der Waals surface area contributed by atoms with Gasteiger partial charge in [-0.1, -0.05) is 17.7 Å². The van der Waals surface area contributed by atoms with Crippen molar-refractivity contribution < 1.29 is 8.78 Å². The number of aromatic nitrogens is 1. The van der Waals surface area contributed by atoms with E-state index in [2.05, 4.69) is 15.5 Å². The highest BCUT2D eigenvalue weighted by molar-refractivity contribution is 6.31. The number of alkyl halides is 2. The van der Waals surface area contributed by atoms with E-state index in [9.17, 15) is 8.78 Å². The van der Waals surface area contributed by atoms with Gasteiger partial charge in [0.2, 0.25) is 0 Å². The largest absolute Gasteiger partial charge is 0.271 e. The van der Waals surface area contributed by atoms with Crippen molar-refractivity contribution in [3.63, 3.8) is 0 Å². The Labute approximate surface area is 119 Å². The fourth-order valence-electron chi connectivity index (χ4n) is 1.99. The van der Waals surface area contributed by atoms with Gasteiger partial charge in [0.25, 0.3) is 5.92 Å². The standard InChI is InChI=1S/C14H9ClF2N3/c1-14(16,17)10-4-8(2-3-11(10)15)9-5-12-13(18-6-9)7-19-20-12/h2-7H,1H3. The molecule has 0 saturated heterocycles. The number of fused-ring (bicyclic) bond motifs is 1. The van der Waals surface area contributed by atoms with Crippen LogP contribution in [0, 0.1) is 0 Å². The maximum absolute atomic E-state index is 13.5. The summed E-state index contributed by atoms with van der Waals surface area (Å²) < 4.78 is 27.0. The van der Waals surface area contributed by atoms with E-state index in [-0.39, 0.29) is 10.6 Å². The molecular formula is C14H9ClF2N3. The molecule has 1 aliphatic rings. The Bertz CT molecular complexity index is 708. The lowest BCUT2D eigenvalue weighted by molar-refractivity contribution is 0.0176. The van der Waals surface area contributed by atoms with Crippen molar-refractivity contribution in [2.45, 2.75) is 12.8 Å². The Balaban J connectivity index is 2.07. The molecule has 101 valence electrons. The van der Waals surface area contributed by atoms with Gasteiger partial charge in [0, 0.05) is 29.3 Å². The molecule has 1 radical (unpaired) electrons. The van der Waals surface area contributed by atoms with Crippen LogP contribution in [0.25, 0.3) is 11.1 Å². The number of halogens is 3. The third-order valence-electron chi connectivity index (χ3n) is 3.02. The lowest BCUT2D eigenvalue weighted by Crippen LogP contribution is -2.07. The molecule has 0 amide bonds. The normalized spacial score (nSPS) is 13.2. The fraction of sp³-hybridized carbons (Fsp3) is 0.143. The first-order valence-electron chi connectivity index (χ1n) is 5.87. The summed E-state index contributed by atoms with van der Waals surface area (Å²) in [6.07, 6.45) is 3.15. The highest BCUT2D eigenvalue weighted by Gasteiger charge is 2.27. The average Bonchev–Trinajstić information content (AvgIpc) is 2.85. The van der Waals surface area contributed by atoms with Crippen LogP contribution < -0.4 is 5.43 Å². The van der Waals surface area contributed by atoms with Crippen LogP contribution in [0.3, 0.4) is 0 Å². The van der Waals surface area contributed by atoms with Crippen LogP contribution in [0.15, 0.2) is 35.6 Å². The quantitative estimate of drug-likeness (QED) is 0.821. The topological polar surface area (TPSA) is 39.4 Å². The molecule has 2 aromatic rings. The zero-order valence-corrected chi connectivity index (χ0v) is 11.2. The molecular weight excluding hydrogens is 284 g/mol. The highest BCUT2D eigenvalue weighted by Crippen LogP contribution is 2.36. The molecule has 6 heteroatoms. The van der Waals surface area contributed by atoms with Gasteiger partial charge in [-0.3, -0.25) is 4.98 Å². The summed E-state index contributed by atoms with van der Waals surface area (Å²) in [6, 6.07) is 6.28. The van der Waals surface area contributed by atoms with Crippen molar-refractivity contribution in [2.24, 2.45) is 5.10 Å². The summed E-state index contributed by atoms with van der Waals surface area (Å²) in [6.45, 7) is 0.822. The van der Waals surface area contributed by atoms with Crippen molar-refractivity contribution >= 4 is 23.5 Å². The number of hydrogen-bond acceptors (Lipinski definition) is 2. The molecule has 0 aliphatic carbocycles. The molecule has 0 spiro atoms. The summed E-state index contributed by atoms with van der Waals surface area (Å²) in [5.41, 5.74) is 6.31. The minimum atomic E-state index is -3.00. The van der Waals surface area contributed by atoms with Crippen molar-refractivity contribution in [3.8, 4) is 11.1 Å². The molecule has 0 bridgehead atoms. The Morgan fingerprint density at radius 1 is 1.15 bits per heavy atom. The van der Waals surface area contributed by atoms with Crippen molar-refractivity contribution in [2.75, 3.05) is 0 Å². The van der Waals surface area contributed by atoms with Gasteiger partial charge in [-0.15, -0.1) is 5.43 Å². The maximum atomic E-state index is 13.5. The third kappa shape index (κ3) is 2.25. The van der Waals surface area contributed by atoms with Crippen LogP contribution in [0.4, 0.5) is 14.5 Å². The average molecular weight is 293 g/mol. The lowest BCUT2D eigenvalue weighted by atomic mass is 10.0. The zero-order valence-electron chi connectivity index (χ0n) is 10.4.